The average Bonchev–Trinajstić information content (AvgIpc) is 2.03. The summed E-state index contributed by atoms with van der Waals surface area (Å²) in [5.74, 6) is 0. The van der Waals surface area contributed by atoms with E-state index in [4.69, 9.17) is 0 Å². The maximum Gasteiger partial charge on any atom is 0.146 e. The Morgan fingerprint density at radius 3 is 2.18 bits per heavy atom. The number of carbonyl (C=O) groups excluding carboxylic acids is 3. The Balaban J connectivity index is 3.78. The Morgan fingerprint density at radius 1 is 1.00 bits per heavy atom. The number of carbonyl (C=O) groups is 3. The van der Waals surface area contributed by atoms with Gasteiger partial charge in [0.2, 0.25) is 0 Å². The van der Waals surface area contributed by atoms with Crippen LogP contribution in [0.5, 0.6) is 0 Å². The summed E-state index contributed by atoms with van der Waals surface area (Å²) in [6, 6.07) is 0. The van der Waals surface area contributed by atoms with Gasteiger partial charge in [-0.2, -0.15) is 0 Å². The zero-order valence-corrected chi connectivity index (χ0v) is 6.16. The smallest absolute Gasteiger partial charge is 0.146 e. The van der Waals surface area contributed by atoms with Gasteiger partial charge in [-0.3, -0.25) is 4.79 Å². The maximum absolute atomic E-state index is 10.2. The van der Waals surface area contributed by atoms with E-state index in [-0.39, 0.29) is 6.42 Å². The quantitative estimate of drug-likeness (QED) is 0.321. The SMILES string of the molecule is O=CCCC=C(C=O)CC=O. The van der Waals surface area contributed by atoms with Gasteiger partial charge >= 0.3 is 0 Å². The van der Waals surface area contributed by atoms with Crippen LogP contribution in [0.4, 0.5) is 0 Å². The predicted molar refractivity (Wildman–Crippen MR) is 40.1 cm³/mol. The molecule has 3 nitrogen and oxygen atoms in total. The van der Waals surface area contributed by atoms with E-state index < -0.39 is 0 Å². The number of hydrogen-bond donors (Lipinski definition) is 0. The van der Waals surface area contributed by atoms with E-state index in [0.717, 1.165) is 6.29 Å². The van der Waals surface area contributed by atoms with E-state index in [1.165, 1.54) is 0 Å². The van der Waals surface area contributed by atoms with Gasteiger partial charge in [-0.1, -0.05) is 6.08 Å². The molecular formula is C8H10O3. The molecule has 3 heteroatoms. The Kier molecular flexibility index (Phi) is 6.08. The van der Waals surface area contributed by atoms with Gasteiger partial charge in [-0.25, -0.2) is 0 Å². The summed E-state index contributed by atoms with van der Waals surface area (Å²) >= 11 is 0. The Morgan fingerprint density at radius 2 is 1.73 bits per heavy atom. The molecule has 0 aromatic rings. The van der Waals surface area contributed by atoms with Crippen molar-refractivity contribution in [3.05, 3.63) is 11.6 Å². The summed E-state index contributed by atoms with van der Waals surface area (Å²) < 4.78 is 0. The molecule has 0 rings (SSSR count). The molecular weight excluding hydrogens is 144 g/mol. The van der Waals surface area contributed by atoms with E-state index in [1.54, 1.807) is 6.08 Å². The lowest BCUT2D eigenvalue weighted by Gasteiger charge is -1.89. The maximum atomic E-state index is 10.2. The van der Waals surface area contributed by atoms with E-state index in [1.807, 2.05) is 0 Å². The van der Waals surface area contributed by atoms with Crippen LogP contribution in [-0.4, -0.2) is 18.9 Å². The first-order chi connectivity index (χ1) is 5.35. The topological polar surface area (TPSA) is 51.2 Å². The third-order valence-corrected chi connectivity index (χ3v) is 1.16. The normalized spacial score (nSPS) is 10.7. The van der Waals surface area contributed by atoms with Crippen molar-refractivity contribution in [1.29, 1.82) is 0 Å². The van der Waals surface area contributed by atoms with Crippen LogP contribution in [0.3, 0.4) is 0 Å². The fourth-order valence-electron chi connectivity index (χ4n) is 0.613. The molecule has 0 aromatic heterocycles. The lowest BCUT2D eigenvalue weighted by Crippen LogP contribution is -1.86. The van der Waals surface area contributed by atoms with Gasteiger partial charge in [0.15, 0.2) is 0 Å². The largest absolute Gasteiger partial charge is 0.303 e. The molecule has 0 aliphatic heterocycles. The van der Waals surface area contributed by atoms with E-state index in [2.05, 4.69) is 0 Å². The van der Waals surface area contributed by atoms with E-state index >= 15 is 0 Å². The molecule has 0 unspecified atom stereocenters. The first-order valence-electron chi connectivity index (χ1n) is 3.36. The van der Waals surface area contributed by atoms with Gasteiger partial charge in [0.05, 0.1) is 0 Å². The van der Waals surface area contributed by atoms with Gasteiger partial charge in [0, 0.05) is 12.8 Å². The second-order valence-electron chi connectivity index (χ2n) is 2.01. The van der Waals surface area contributed by atoms with Crippen molar-refractivity contribution in [2.45, 2.75) is 19.3 Å². The summed E-state index contributed by atoms with van der Waals surface area (Å²) in [6.07, 6.45) is 4.76. The molecule has 0 bridgehead atoms. The van der Waals surface area contributed by atoms with E-state index in [0.29, 0.717) is 31.0 Å². The highest BCUT2D eigenvalue weighted by atomic mass is 16.1. The minimum Gasteiger partial charge on any atom is -0.303 e. The fraction of sp³-hybridized carbons (Fsp3) is 0.375. The van der Waals surface area contributed by atoms with Crippen LogP contribution in [0.2, 0.25) is 0 Å². The molecule has 0 aliphatic carbocycles. The first kappa shape index (κ1) is 9.75. The minimum atomic E-state index is 0.141. The zero-order chi connectivity index (χ0) is 8.53. The zero-order valence-electron chi connectivity index (χ0n) is 6.16. The van der Waals surface area contributed by atoms with Crippen molar-refractivity contribution in [1.82, 2.24) is 0 Å². The third kappa shape index (κ3) is 5.21. The lowest BCUT2D eigenvalue weighted by molar-refractivity contribution is -0.109. The van der Waals surface area contributed by atoms with Gasteiger partial charge in [0.25, 0.3) is 0 Å². The van der Waals surface area contributed by atoms with Crippen molar-refractivity contribution >= 4 is 18.9 Å². The highest BCUT2D eigenvalue weighted by Crippen LogP contribution is 1.98. The van der Waals surface area contributed by atoms with Gasteiger partial charge in [0.1, 0.15) is 18.9 Å². The molecule has 0 atom stereocenters. The molecule has 0 fully saturated rings. The van der Waals surface area contributed by atoms with Crippen LogP contribution < -0.4 is 0 Å². The van der Waals surface area contributed by atoms with Crippen LogP contribution in [0.1, 0.15) is 19.3 Å². The molecule has 0 N–H and O–H groups in total. The molecule has 11 heavy (non-hydrogen) atoms. The van der Waals surface area contributed by atoms with Gasteiger partial charge < -0.3 is 9.59 Å². The summed E-state index contributed by atoms with van der Waals surface area (Å²) in [5, 5.41) is 0. The fourth-order valence-corrected chi connectivity index (χ4v) is 0.613. The van der Waals surface area contributed by atoms with Gasteiger partial charge in [-0.15, -0.1) is 0 Å². The number of rotatable bonds is 6. The van der Waals surface area contributed by atoms with Crippen molar-refractivity contribution in [2.75, 3.05) is 0 Å². The summed E-state index contributed by atoms with van der Waals surface area (Å²) in [5.41, 5.74) is 0.446. The molecule has 0 saturated carbocycles. The average molecular weight is 154 g/mol. The first-order valence-corrected chi connectivity index (χ1v) is 3.36. The second-order valence-corrected chi connectivity index (χ2v) is 2.01. The van der Waals surface area contributed by atoms with Crippen molar-refractivity contribution in [3.8, 4) is 0 Å². The Bertz CT molecular complexity index is 170. The number of hydrogen-bond acceptors (Lipinski definition) is 3. The van der Waals surface area contributed by atoms with E-state index in [9.17, 15) is 14.4 Å². The summed E-state index contributed by atoms with van der Waals surface area (Å²) in [6.45, 7) is 0. The standard InChI is InChI=1S/C8H10O3/c9-5-2-1-3-8(7-11)4-6-10/h3,5-7H,1-2,4H2. The number of aldehydes is 3. The highest BCUT2D eigenvalue weighted by Gasteiger charge is 1.91. The number of allylic oxidation sites excluding steroid dienone is 2. The van der Waals surface area contributed by atoms with Crippen LogP contribution in [-0.2, 0) is 14.4 Å². The molecule has 0 amide bonds. The molecule has 0 aromatic carbocycles. The Hall–Kier alpha value is -1.25. The van der Waals surface area contributed by atoms with Crippen LogP contribution >= 0.6 is 0 Å². The third-order valence-electron chi connectivity index (χ3n) is 1.16. The van der Waals surface area contributed by atoms with Crippen LogP contribution in [0.25, 0.3) is 0 Å². The van der Waals surface area contributed by atoms with Gasteiger partial charge in [-0.05, 0) is 12.0 Å². The summed E-state index contributed by atoms with van der Waals surface area (Å²) in [7, 11) is 0. The summed E-state index contributed by atoms with van der Waals surface area (Å²) in [4.78, 5) is 30.0. The number of unbranched alkanes of at least 4 members (excludes halogenated alkanes) is 1. The molecule has 0 saturated heterocycles. The Labute approximate surface area is 65.1 Å². The van der Waals surface area contributed by atoms with Crippen molar-refractivity contribution in [2.24, 2.45) is 0 Å². The van der Waals surface area contributed by atoms with Crippen LogP contribution in [0, 0.1) is 0 Å². The molecule has 60 valence electrons. The molecule has 0 spiro atoms. The van der Waals surface area contributed by atoms with Crippen molar-refractivity contribution in [3.63, 3.8) is 0 Å². The lowest BCUT2D eigenvalue weighted by atomic mass is 10.2. The highest BCUT2D eigenvalue weighted by molar-refractivity contribution is 5.78. The molecule has 0 radical (unpaired) electrons. The monoisotopic (exact) mass is 154 g/mol. The predicted octanol–water partition coefficient (Wildman–Crippen LogP) is 0.680. The molecule has 0 heterocycles. The van der Waals surface area contributed by atoms with Crippen molar-refractivity contribution < 1.29 is 14.4 Å². The minimum absolute atomic E-state index is 0.141. The molecule has 0 aliphatic rings. The second kappa shape index (κ2) is 6.86. The van der Waals surface area contributed by atoms with Crippen LogP contribution in [0.15, 0.2) is 11.6 Å².